The monoisotopic (exact) mass is 245 g/mol. The zero-order chi connectivity index (χ0) is 13.4. The van der Waals surface area contributed by atoms with E-state index in [1.165, 1.54) is 0 Å². The molecular weight excluding hydrogens is 226 g/mol. The molecular formula is C13H19N5. The van der Waals surface area contributed by atoms with Gasteiger partial charge in [0.15, 0.2) is 5.82 Å². The summed E-state index contributed by atoms with van der Waals surface area (Å²) in [6.45, 7) is 5.14. The maximum Gasteiger partial charge on any atom is 0.167 e. The lowest BCUT2D eigenvalue weighted by Crippen LogP contribution is -2.10. The van der Waals surface area contributed by atoms with Crippen LogP contribution in [-0.2, 0) is 12.8 Å². The Morgan fingerprint density at radius 3 is 2.61 bits per heavy atom. The lowest BCUT2D eigenvalue weighted by Gasteiger charge is -2.10. The van der Waals surface area contributed by atoms with Crippen LogP contribution in [0, 0.1) is 11.3 Å². The largest absolute Gasteiger partial charge is 0.364 e. The molecule has 1 aromatic heterocycles. The predicted octanol–water partition coefficient (Wildman–Crippen LogP) is 1.40. The van der Waals surface area contributed by atoms with Crippen molar-refractivity contribution in [3.63, 3.8) is 0 Å². The summed E-state index contributed by atoms with van der Waals surface area (Å²) in [7, 11) is 0. The molecule has 0 fully saturated rings. The van der Waals surface area contributed by atoms with Crippen molar-refractivity contribution < 1.29 is 0 Å². The molecule has 0 saturated carbocycles. The molecule has 1 aromatic rings. The van der Waals surface area contributed by atoms with Gasteiger partial charge >= 0.3 is 0 Å². The van der Waals surface area contributed by atoms with Crippen LogP contribution in [0.15, 0.2) is 12.2 Å². The number of nitrogens with one attached hydrogen (secondary N) is 1. The number of aryl methyl sites for hydroxylation is 1. The number of aromatic nitrogens is 2. The number of nitrogens with two attached hydrogens (primary N) is 1. The third kappa shape index (κ3) is 3.28. The highest BCUT2D eigenvalue weighted by Crippen LogP contribution is 2.19. The molecule has 3 N–H and O–H groups in total. The van der Waals surface area contributed by atoms with E-state index in [4.69, 9.17) is 5.73 Å². The average Bonchev–Trinajstić information content (AvgIpc) is 2.42. The molecule has 0 spiro atoms. The Labute approximate surface area is 108 Å². The van der Waals surface area contributed by atoms with E-state index in [-0.39, 0.29) is 0 Å². The summed E-state index contributed by atoms with van der Waals surface area (Å²) in [6, 6.07) is 2.22. The minimum atomic E-state index is 0.507. The summed E-state index contributed by atoms with van der Waals surface area (Å²) in [5.74, 6) is 0.549. The van der Waals surface area contributed by atoms with Gasteiger partial charge in [0.25, 0.3) is 0 Å². The second-order valence-corrected chi connectivity index (χ2v) is 3.76. The highest BCUT2D eigenvalue weighted by atomic mass is 15.2. The summed E-state index contributed by atoms with van der Waals surface area (Å²) in [6.07, 6.45) is 5.34. The van der Waals surface area contributed by atoms with Crippen LogP contribution in [0.1, 0.15) is 30.7 Å². The predicted molar refractivity (Wildman–Crippen MR) is 72.2 cm³/mol. The molecule has 0 saturated heterocycles. The summed E-state index contributed by atoms with van der Waals surface area (Å²) in [4.78, 5) is 0. The van der Waals surface area contributed by atoms with Crippen LogP contribution in [0.25, 0.3) is 0 Å². The number of nitriles is 1. The first kappa shape index (κ1) is 14.1. The molecule has 0 aliphatic rings. The number of rotatable bonds is 6. The lowest BCUT2D eigenvalue weighted by atomic mass is 10.0. The Balaban J connectivity index is 2.99. The van der Waals surface area contributed by atoms with Crippen molar-refractivity contribution in [1.29, 1.82) is 5.26 Å². The van der Waals surface area contributed by atoms with Crippen molar-refractivity contribution in [2.45, 2.75) is 26.7 Å². The van der Waals surface area contributed by atoms with E-state index in [0.29, 0.717) is 24.5 Å². The number of hydrogen-bond donors (Lipinski definition) is 2. The quantitative estimate of drug-likeness (QED) is 0.740. The first-order valence-electron chi connectivity index (χ1n) is 6.15. The second kappa shape index (κ2) is 7.41. The van der Waals surface area contributed by atoms with Gasteiger partial charge in [0, 0.05) is 13.1 Å². The van der Waals surface area contributed by atoms with Crippen LogP contribution in [0.4, 0.5) is 5.82 Å². The highest BCUT2D eigenvalue weighted by molar-refractivity contribution is 5.56. The van der Waals surface area contributed by atoms with Crippen LogP contribution < -0.4 is 11.1 Å². The molecule has 96 valence electrons. The molecule has 0 aliphatic carbocycles. The molecule has 0 bridgehead atoms. The van der Waals surface area contributed by atoms with Gasteiger partial charge in [-0.05, 0) is 18.4 Å². The van der Waals surface area contributed by atoms with E-state index in [1.807, 2.05) is 26.0 Å². The highest BCUT2D eigenvalue weighted by Gasteiger charge is 2.13. The normalized spacial score (nSPS) is 10.6. The minimum Gasteiger partial charge on any atom is -0.364 e. The van der Waals surface area contributed by atoms with Crippen molar-refractivity contribution in [3.05, 3.63) is 29.0 Å². The van der Waals surface area contributed by atoms with Crippen LogP contribution >= 0.6 is 0 Å². The van der Waals surface area contributed by atoms with Crippen molar-refractivity contribution >= 4 is 5.82 Å². The second-order valence-electron chi connectivity index (χ2n) is 3.76. The molecule has 18 heavy (non-hydrogen) atoms. The number of hydrogen-bond acceptors (Lipinski definition) is 5. The first-order chi connectivity index (χ1) is 8.78. The van der Waals surface area contributed by atoms with Crippen molar-refractivity contribution in [3.8, 4) is 6.07 Å². The summed E-state index contributed by atoms with van der Waals surface area (Å²) < 4.78 is 0. The Bertz CT molecular complexity index is 459. The van der Waals surface area contributed by atoms with E-state index in [9.17, 15) is 5.26 Å². The number of anilines is 1. The van der Waals surface area contributed by atoms with E-state index < -0.39 is 0 Å². The molecule has 0 amide bonds. The molecule has 0 unspecified atom stereocenters. The Morgan fingerprint density at radius 1 is 1.28 bits per heavy atom. The Kier molecular flexibility index (Phi) is 5.81. The summed E-state index contributed by atoms with van der Waals surface area (Å²) in [5, 5.41) is 20.6. The fourth-order valence-electron chi connectivity index (χ4n) is 1.75. The van der Waals surface area contributed by atoms with Crippen molar-refractivity contribution in [2.24, 2.45) is 5.73 Å². The summed E-state index contributed by atoms with van der Waals surface area (Å²) in [5.41, 5.74) is 7.84. The zero-order valence-electron chi connectivity index (χ0n) is 10.9. The Hall–Kier alpha value is -1.93. The zero-order valence-corrected chi connectivity index (χ0v) is 10.9. The Morgan fingerprint density at radius 2 is 2.06 bits per heavy atom. The number of nitrogens with zero attached hydrogens (tertiary/aromatic N) is 3. The topological polar surface area (TPSA) is 87.6 Å². The molecule has 0 radical (unpaired) electrons. The van der Waals surface area contributed by atoms with Crippen LogP contribution in [0.5, 0.6) is 0 Å². The van der Waals surface area contributed by atoms with Gasteiger partial charge in [0.1, 0.15) is 11.6 Å². The van der Waals surface area contributed by atoms with Crippen LogP contribution in [-0.4, -0.2) is 23.3 Å². The molecule has 0 aliphatic heterocycles. The van der Waals surface area contributed by atoms with Gasteiger partial charge in [-0.25, -0.2) is 0 Å². The van der Waals surface area contributed by atoms with Gasteiger partial charge < -0.3 is 11.1 Å². The van der Waals surface area contributed by atoms with Gasteiger partial charge in [-0.2, -0.15) is 10.4 Å². The van der Waals surface area contributed by atoms with Gasteiger partial charge in [-0.15, -0.1) is 5.10 Å². The van der Waals surface area contributed by atoms with Crippen LogP contribution in [0.3, 0.4) is 0 Å². The minimum absolute atomic E-state index is 0.507. The van der Waals surface area contributed by atoms with Gasteiger partial charge in [0.05, 0.1) is 5.69 Å². The summed E-state index contributed by atoms with van der Waals surface area (Å²) >= 11 is 0. The molecule has 0 atom stereocenters. The molecule has 1 heterocycles. The fraction of sp³-hybridized carbons (Fsp3) is 0.462. The van der Waals surface area contributed by atoms with Gasteiger partial charge in [-0.1, -0.05) is 26.0 Å². The van der Waals surface area contributed by atoms with E-state index in [1.54, 1.807) is 0 Å². The smallest absolute Gasteiger partial charge is 0.167 e. The van der Waals surface area contributed by atoms with Crippen molar-refractivity contribution in [2.75, 3.05) is 18.4 Å². The van der Waals surface area contributed by atoms with Gasteiger partial charge in [0.2, 0.25) is 0 Å². The standard InChI is InChI=1S/C13H19N5/c1-3-10-11(9-15)13(16-8-6-5-7-14)18-17-12(10)4-2/h5-6H,3-4,7-8,14H2,1-2H3,(H,16,18)/b6-5+. The maximum atomic E-state index is 9.26. The third-order valence-electron chi connectivity index (χ3n) is 2.65. The lowest BCUT2D eigenvalue weighted by molar-refractivity contribution is 0.873. The fourth-order valence-corrected chi connectivity index (χ4v) is 1.75. The van der Waals surface area contributed by atoms with E-state index in [0.717, 1.165) is 24.1 Å². The van der Waals surface area contributed by atoms with E-state index in [2.05, 4.69) is 21.6 Å². The first-order valence-corrected chi connectivity index (χ1v) is 6.15. The molecule has 5 heteroatoms. The average molecular weight is 245 g/mol. The molecule has 0 aromatic carbocycles. The van der Waals surface area contributed by atoms with Crippen LogP contribution in [0.2, 0.25) is 0 Å². The molecule has 1 rings (SSSR count). The van der Waals surface area contributed by atoms with Gasteiger partial charge in [-0.3, -0.25) is 0 Å². The maximum absolute atomic E-state index is 9.26. The van der Waals surface area contributed by atoms with E-state index >= 15 is 0 Å². The van der Waals surface area contributed by atoms with Crippen molar-refractivity contribution in [1.82, 2.24) is 10.2 Å². The molecule has 5 nitrogen and oxygen atoms in total. The SMILES string of the molecule is CCc1nnc(NC/C=C/CN)c(C#N)c1CC. The third-order valence-corrected chi connectivity index (χ3v) is 2.65.